The zero-order valence-corrected chi connectivity index (χ0v) is 10.9. The molecule has 0 aliphatic rings. The Morgan fingerprint density at radius 2 is 2.05 bits per heavy atom. The molecule has 0 radical (unpaired) electrons. The van der Waals surface area contributed by atoms with Crippen molar-refractivity contribution in [2.45, 2.75) is 0 Å². The van der Waals surface area contributed by atoms with Crippen LogP contribution in [0.15, 0.2) is 36.7 Å². The molecule has 0 spiro atoms. The molecule has 3 N–H and O–H groups in total. The van der Waals surface area contributed by atoms with Crippen molar-refractivity contribution in [3.8, 4) is 11.8 Å². The number of pyridine rings is 1. The van der Waals surface area contributed by atoms with Crippen LogP contribution in [0.2, 0.25) is 0 Å². The number of hydrogen-bond donors (Lipinski definition) is 2. The van der Waals surface area contributed by atoms with E-state index in [2.05, 4.69) is 22.1 Å². The van der Waals surface area contributed by atoms with E-state index < -0.39 is 17.5 Å². The quantitative estimate of drug-likeness (QED) is 0.829. The van der Waals surface area contributed by atoms with Crippen molar-refractivity contribution in [2.24, 2.45) is 5.73 Å². The van der Waals surface area contributed by atoms with Gasteiger partial charge in [-0.25, -0.2) is 8.78 Å². The van der Waals surface area contributed by atoms with Crippen LogP contribution in [0.5, 0.6) is 0 Å². The maximum absolute atomic E-state index is 13.1. The van der Waals surface area contributed by atoms with Gasteiger partial charge in [0.2, 0.25) is 0 Å². The molecule has 0 bridgehead atoms. The number of nitrogens with one attached hydrogen (secondary N) is 1. The van der Waals surface area contributed by atoms with Crippen molar-refractivity contribution in [1.29, 1.82) is 0 Å². The fourth-order valence-corrected chi connectivity index (χ4v) is 1.56. The van der Waals surface area contributed by atoms with E-state index in [1.54, 1.807) is 0 Å². The normalized spacial score (nSPS) is 9.67. The summed E-state index contributed by atoms with van der Waals surface area (Å²) in [6.07, 6.45) is 2.85. The summed E-state index contributed by atoms with van der Waals surface area (Å²) in [6.45, 7) is 0.200. The number of hydrogen-bond acceptors (Lipinski definition) is 3. The molecular formula is C15H11F2N3O. The van der Waals surface area contributed by atoms with Crippen LogP contribution < -0.4 is 11.1 Å². The molecule has 0 saturated heterocycles. The van der Waals surface area contributed by atoms with Gasteiger partial charge in [-0.1, -0.05) is 11.8 Å². The van der Waals surface area contributed by atoms with Gasteiger partial charge in [0.15, 0.2) is 11.6 Å². The van der Waals surface area contributed by atoms with Gasteiger partial charge in [0, 0.05) is 29.7 Å². The van der Waals surface area contributed by atoms with Gasteiger partial charge in [-0.05, 0) is 18.2 Å². The second-order valence-electron chi connectivity index (χ2n) is 4.05. The summed E-state index contributed by atoms with van der Waals surface area (Å²) in [5, 5.41) is 2.45. The number of halogens is 2. The highest BCUT2D eigenvalue weighted by molar-refractivity contribution is 6.04. The van der Waals surface area contributed by atoms with E-state index in [4.69, 9.17) is 5.73 Å². The third-order valence-corrected chi connectivity index (χ3v) is 2.51. The van der Waals surface area contributed by atoms with Crippen molar-refractivity contribution in [3.63, 3.8) is 0 Å². The maximum atomic E-state index is 13.1. The fraction of sp³-hybridized carbons (Fsp3) is 0.0667. The summed E-state index contributed by atoms with van der Waals surface area (Å²) >= 11 is 0. The van der Waals surface area contributed by atoms with Crippen LogP contribution in [0, 0.1) is 23.5 Å². The van der Waals surface area contributed by atoms with Gasteiger partial charge < -0.3 is 11.1 Å². The highest BCUT2D eigenvalue weighted by atomic mass is 19.2. The first-order chi connectivity index (χ1) is 10.1. The Morgan fingerprint density at radius 1 is 1.24 bits per heavy atom. The molecule has 0 atom stereocenters. The molecule has 106 valence electrons. The minimum atomic E-state index is -1.03. The molecule has 2 rings (SSSR count). The number of anilines is 1. The van der Waals surface area contributed by atoms with Crippen LogP contribution in [0.4, 0.5) is 14.5 Å². The molecule has 4 nitrogen and oxygen atoms in total. The predicted molar refractivity (Wildman–Crippen MR) is 74.5 cm³/mol. The van der Waals surface area contributed by atoms with E-state index in [9.17, 15) is 13.6 Å². The van der Waals surface area contributed by atoms with Crippen molar-refractivity contribution < 1.29 is 13.6 Å². The molecule has 1 aromatic heterocycles. The molecule has 1 heterocycles. The number of aromatic nitrogens is 1. The Balaban J connectivity index is 2.18. The lowest BCUT2D eigenvalue weighted by Crippen LogP contribution is -2.12. The predicted octanol–water partition coefficient (Wildman–Crippen LogP) is 1.92. The zero-order valence-electron chi connectivity index (χ0n) is 10.9. The van der Waals surface area contributed by atoms with Gasteiger partial charge in [0.1, 0.15) is 0 Å². The van der Waals surface area contributed by atoms with E-state index in [1.165, 1.54) is 24.5 Å². The minimum absolute atomic E-state index is 0.150. The molecule has 0 fully saturated rings. The van der Waals surface area contributed by atoms with Gasteiger partial charge in [-0.3, -0.25) is 9.78 Å². The third-order valence-electron chi connectivity index (χ3n) is 2.51. The molecule has 0 aliphatic heterocycles. The molecule has 0 aliphatic carbocycles. The number of amides is 1. The summed E-state index contributed by atoms with van der Waals surface area (Å²) in [5.41, 5.74) is 6.21. The van der Waals surface area contributed by atoms with E-state index in [0.717, 1.165) is 12.1 Å². The van der Waals surface area contributed by atoms with Gasteiger partial charge in [-0.2, -0.15) is 0 Å². The van der Waals surface area contributed by atoms with Gasteiger partial charge in [0.05, 0.1) is 12.1 Å². The summed E-state index contributed by atoms with van der Waals surface area (Å²) in [6, 6.07) is 4.64. The first-order valence-corrected chi connectivity index (χ1v) is 6.00. The summed E-state index contributed by atoms with van der Waals surface area (Å²) < 4.78 is 25.9. The second-order valence-corrected chi connectivity index (χ2v) is 4.05. The first kappa shape index (κ1) is 14.6. The van der Waals surface area contributed by atoms with Gasteiger partial charge in [0.25, 0.3) is 5.91 Å². The Labute approximate surface area is 120 Å². The number of nitrogens with two attached hydrogens (primary N) is 1. The lowest BCUT2D eigenvalue weighted by atomic mass is 10.2. The molecule has 0 unspecified atom stereocenters. The first-order valence-electron chi connectivity index (χ1n) is 6.00. The van der Waals surface area contributed by atoms with E-state index >= 15 is 0 Å². The average Bonchev–Trinajstić information content (AvgIpc) is 2.49. The summed E-state index contributed by atoms with van der Waals surface area (Å²) in [5.74, 6) is 2.89. The lowest BCUT2D eigenvalue weighted by Gasteiger charge is -2.05. The minimum Gasteiger partial charge on any atom is -0.322 e. The van der Waals surface area contributed by atoms with E-state index in [0.29, 0.717) is 5.56 Å². The molecular weight excluding hydrogens is 276 g/mol. The lowest BCUT2D eigenvalue weighted by molar-refractivity contribution is 0.102. The van der Waals surface area contributed by atoms with Crippen LogP contribution >= 0.6 is 0 Å². The standard InChI is InChI=1S/C15H11F2N3O/c16-13-4-3-12(7-14(13)17)20-15(21)11-6-10(2-1-5-18)8-19-9-11/h3-4,6-9H,5,18H2,(H,20,21). The zero-order chi connectivity index (χ0) is 15.2. The molecule has 2 aromatic rings. The number of carbonyl (C=O) groups is 1. The Kier molecular flexibility index (Phi) is 4.59. The van der Waals surface area contributed by atoms with Crippen molar-refractivity contribution in [3.05, 3.63) is 59.4 Å². The van der Waals surface area contributed by atoms with E-state index in [-0.39, 0.29) is 17.8 Å². The van der Waals surface area contributed by atoms with Crippen molar-refractivity contribution in [1.82, 2.24) is 4.98 Å². The average molecular weight is 287 g/mol. The van der Waals surface area contributed by atoms with Gasteiger partial charge in [-0.15, -0.1) is 0 Å². The Bertz CT molecular complexity index is 735. The van der Waals surface area contributed by atoms with Gasteiger partial charge >= 0.3 is 0 Å². The fourth-order valence-electron chi connectivity index (χ4n) is 1.56. The monoisotopic (exact) mass is 287 g/mol. The van der Waals surface area contributed by atoms with Crippen molar-refractivity contribution >= 4 is 11.6 Å². The highest BCUT2D eigenvalue weighted by Gasteiger charge is 2.09. The maximum Gasteiger partial charge on any atom is 0.257 e. The summed E-state index contributed by atoms with van der Waals surface area (Å²) in [7, 11) is 0. The Morgan fingerprint density at radius 3 is 2.76 bits per heavy atom. The number of nitrogens with zero attached hydrogens (tertiary/aromatic N) is 1. The molecule has 1 amide bonds. The molecule has 6 heteroatoms. The SMILES string of the molecule is NCC#Cc1cncc(C(=O)Nc2ccc(F)c(F)c2)c1. The summed E-state index contributed by atoms with van der Waals surface area (Å²) in [4.78, 5) is 15.9. The van der Waals surface area contributed by atoms with Crippen LogP contribution in [0.25, 0.3) is 0 Å². The number of benzene rings is 1. The molecule has 1 aromatic carbocycles. The second kappa shape index (κ2) is 6.59. The third kappa shape index (κ3) is 3.84. The topological polar surface area (TPSA) is 68.0 Å². The Hall–Kier alpha value is -2.78. The van der Waals surface area contributed by atoms with Crippen LogP contribution in [0.3, 0.4) is 0 Å². The smallest absolute Gasteiger partial charge is 0.257 e. The number of carbonyl (C=O) groups excluding carboxylic acids is 1. The largest absolute Gasteiger partial charge is 0.322 e. The highest BCUT2D eigenvalue weighted by Crippen LogP contribution is 2.14. The van der Waals surface area contributed by atoms with E-state index in [1.807, 2.05) is 0 Å². The van der Waals surface area contributed by atoms with Crippen LogP contribution in [-0.2, 0) is 0 Å². The molecule has 0 saturated carbocycles. The van der Waals surface area contributed by atoms with Crippen molar-refractivity contribution in [2.75, 3.05) is 11.9 Å². The number of rotatable bonds is 2. The van der Waals surface area contributed by atoms with Crippen LogP contribution in [-0.4, -0.2) is 17.4 Å². The molecule has 21 heavy (non-hydrogen) atoms. The van der Waals surface area contributed by atoms with Crippen LogP contribution in [0.1, 0.15) is 15.9 Å².